The Morgan fingerprint density at radius 1 is 1.11 bits per heavy atom. The highest BCUT2D eigenvalue weighted by atomic mass is 127. The number of hydrogen-bond donors (Lipinski definition) is 3. The Kier molecular flexibility index (Phi) is 10.8. The summed E-state index contributed by atoms with van der Waals surface area (Å²) in [7, 11) is 0. The third-order valence-electron chi connectivity index (χ3n) is 3.92. The standard InChI is InChI=1S/C20H25F2N3O2.HI/c1-3-23-20(24-11-15-6-4-5-7-16(15)13-26)25-12-17-10-14(2)8-9-18(17)27-19(21)22;/h4-10,19,26H,3,11-13H2,1-2H3,(H2,23,24,25);1H. The van der Waals surface area contributed by atoms with Crippen molar-refractivity contribution in [1.29, 1.82) is 0 Å². The third-order valence-corrected chi connectivity index (χ3v) is 3.92. The van der Waals surface area contributed by atoms with E-state index < -0.39 is 6.61 Å². The van der Waals surface area contributed by atoms with Crippen LogP contribution in [0.1, 0.15) is 29.2 Å². The maximum absolute atomic E-state index is 12.6. The van der Waals surface area contributed by atoms with Gasteiger partial charge in [-0.2, -0.15) is 8.78 Å². The van der Waals surface area contributed by atoms with Gasteiger partial charge in [-0.3, -0.25) is 0 Å². The summed E-state index contributed by atoms with van der Waals surface area (Å²) >= 11 is 0. The molecule has 0 heterocycles. The first-order chi connectivity index (χ1) is 13.0. The molecular weight excluding hydrogens is 479 g/mol. The van der Waals surface area contributed by atoms with Gasteiger partial charge >= 0.3 is 6.61 Å². The van der Waals surface area contributed by atoms with Crippen LogP contribution < -0.4 is 15.4 Å². The molecule has 0 atom stereocenters. The van der Waals surface area contributed by atoms with Crippen molar-refractivity contribution in [3.05, 3.63) is 64.7 Å². The van der Waals surface area contributed by atoms with Crippen molar-refractivity contribution in [2.75, 3.05) is 6.54 Å². The molecule has 5 nitrogen and oxygen atoms in total. The van der Waals surface area contributed by atoms with E-state index in [1.54, 1.807) is 12.1 Å². The van der Waals surface area contributed by atoms with Gasteiger partial charge < -0.3 is 20.5 Å². The third kappa shape index (κ3) is 7.59. The van der Waals surface area contributed by atoms with Crippen LogP contribution in [0.15, 0.2) is 47.5 Å². The summed E-state index contributed by atoms with van der Waals surface area (Å²) < 4.78 is 29.8. The summed E-state index contributed by atoms with van der Waals surface area (Å²) in [5.74, 6) is 0.676. The molecule has 0 saturated heterocycles. The molecule has 0 aliphatic heterocycles. The number of aryl methyl sites for hydroxylation is 1. The maximum Gasteiger partial charge on any atom is 0.387 e. The zero-order valence-corrected chi connectivity index (χ0v) is 18.2. The Morgan fingerprint density at radius 3 is 2.46 bits per heavy atom. The second kappa shape index (κ2) is 12.5. The fourth-order valence-corrected chi connectivity index (χ4v) is 2.61. The van der Waals surface area contributed by atoms with Gasteiger partial charge in [0.1, 0.15) is 5.75 Å². The molecule has 0 aliphatic rings. The largest absolute Gasteiger partial charge is 0.434 e. The van der Waals surface area contributed by atoms with Crippen LogP contribution in [0.4, 0.5) is 8.78 Å². The summed E-state index contributed by atoms with van der Waals surface area (Å²) in [4.78, 5) is 4.47. The van der Waals surface area contributed by atoms with Crippen molar-refractivity contribution < 1.29 is 18.6 Å². The molecule has 0 radical (unpaired) electrons. The Bertz CT molecular complexity index is 773. The quantitative estimate of drug-likeness (QED) is 0.289. The number of nitrogens with zero attached hydrogens (tertiary/aromatic N) is 1. The fourth-order valence-electron chi connectivity index (χ4n) is 2.61. The molecule has 0 spiro atoms. The molecule has 3 N–H and O–H groups in total. The first-order valence-electron chi connectivity index (χ1n) is 8.77. The SMILES string of the molecule is CCNC(=NCc1cc(C)ccc1OC(F)F)NCc1ccccc1CO.I. The summed E-state index contributed by atoms with van der Waals surface area (Å²) in [5.41, 5.74) is 3.33. The van der Waals surface area contributed by atoms with E-state index in [2.05, 4.69) is 20.4 Å². The highest BCUT2D eigenvalue weighted by Crippen LogP contribution is 2.23. The van der Waals surface area contributed by atoms with Gasteiger partial charge in [0, 0.05) is 18.7 Å². The number of aliphatic imine (C=N–C) groups is 1. The number of halogens is 3. The smallest absolute Gasteiger partial charge is 0.387 e. The zero-order chi connectivity index (χ0) is 19.6. The molecule has 2 aromatic carbocycles. The van der Waals surface area contributed by atoms with Gasteiger partial charge in [0.2, 0.25) is 0 Å². The number of rotatable bonds is 8. The predicted octanol–water partition coefficient (Wildman–Crippen LogP) is 3.96. The molecule has 154 valence electrons. The summed E-state index contributed by atoms with van der Waals surface area (Å²) in [6.07, 6.45) is 0. The molecule has 28 heavy (non-hydrogen) atoms. The Morgan fingerprint density at radius 2 is 1.82 bits per heavy atom. The van der Waals surface area contributed by atoms with Gasteiger partial charge in [-0.1, -0.05) is 42.0 Å². The lowest BCUT2D eigenvalue weighted by atomic mass is 10.1. The molecule has 0 aromatic heterocycles. The van der Waals surface area contributed by atoms with Gasteiger partial charge in [-0.05, 0) is 31.0 Å². The number of alkyl halides is 2. The first-order valence-corrected chi connectivity index (χ1v) is 8.77. The van der Waals surface area contributed by atoms with Gasteiger partial charge in [-0.25, -0.2) is 4.99 Å². The number of ether oxygens (including phenoxy) is 1. The molecule has 0 bridgehead atoms. The molecule has 0 fully saturated rings. The second-order valence-corrected chi connectivity index (χ2v) is 5.97. The number of nitrogens with one attached hydrogen (secondary N) is 2. The van der Waals surface area contributed by atoms with E-state index in [1.165, 1.54) is 6.07 Å². The predicted molar refractivity (Wildman–Crippen MR) is 117 cm³/mol. The van der Waals surface area contributed by atoms with Crippen molar-refractivity contribution in [3.63, 3.8) is 0 Å². The van der Waals surface area contributed by atoms with Gasteiger partial charge in [-0.15, -0.1) is 24.0 Å². The normalized spacial score (nSPS) is 11.1. The van der Waals surface area contributed by atoms with Crippen molar-refractivity contribution in [1.82, 2.24) is 10.6 Å². The number of guanidine groups is 1. The first kappa shape index (κ1) is 24.1. The second-order valence-electron chi connectivity index (χ2n) is 5.97. The highest BCUT2D eigenvalue weighted by molar-refractivity contribution is 14.0. The molecule has 8 heteroatoms. The summed E-state index contributed by atoms with van der Waals surface area (Å²) in [6, 6.07) is 12.6. The number of benzene rings is 2. The van der Waals surface area contributed by atoms with Crippen molar-refractivity contribution in [2.45, 2.75) is 40.2 Å². The van der Waals surface area contributed by atoms with Crippen LogP contribution in [-0.2, 0) is 19.7 Å². The number of aliphatic hydroxyl groups excluding tert-OH is 1. The van der Waals surface area contributed by atoms with E-state index in [0.717, 1.165) is 16.7 Å². The van der Waals surface area contributed by atoms with Crippen LogP contribution in [0.25, 0.3) is 0 Å². The molecule has 0 amide bonds. The minimum absolute atomic E-state index is 0. The van der Waals surface area contributed by atoms with Crippen LogP contribution in [0.5, 0.6) is 5.75 Å². The van der Waals surface area contributed by atoms with E-state index in [1.807, 2.05) is 38.1 Å². The van der Waals surface area contributed by atoms with Gasteiger partial charge in [0.05, 0.1) is 13.2 Å². The Balaban J connectivity index is 0.00000392. The Hall–Kier alpha value is -1.94. The minimum Gasteiger partial charge on any atom is -0.434 e. The van der Waals surface area contributed by atoms with Crippen LogP contribution in [-0.4, -0.2) is 24.2 Å². The Labute approximate surface area is 181 Å². The lowest BCUT2D eigenvalue weighted by Gasteiger charge is -2.14. The van der Waals surface area contributed by atoms with Gasteiger partial charge in [0.25, 0.3) is 0 Å². The summed E-state index contributed by atoms with van der Waals surface area (Å²) in [6.45, 7) is 2.24. The highest BCUT2D eigenvalue weighted by Gasteiger charge is 2.10. The van der Waals surface area contributed by atoms with E-state index in [4.69, 9.17) is 0 Å². The summed E-state index contributed by atoms with van der Waals surface area (Å²) in [5, 5.41) is 15.7. The lowest BCUT2D eigenvalue weighted by Crippen LogP contribution is -2.37. The van der Waals surface area contributed by atoms with Gasteiger partial charge in [0.15, 0.2) is 5.96 Å². The molecule has 2 rings (SSSR count). The van der Waals surface area contributed by atoms with E-state index in [-0.39, 0.29) is 42.9 Å². The maximum atomic E-state index is 12.6. The molecular formula is C20H26F2IN3O2. The van der Waals surface area contributed by atoms with Crippen LogP contribution in [0.3, 0.4) is 0 Å². The average molecular weight is 505 g/mol. The average Bonchev–Trinajstić information content (AvgIpc) is 2.65. The molecule has 0 saturated carbocycles. The fraction of sp³-hybridized carbons (Fsp3) is 0.350. The van der Waals surface area contributed by atoms with Crippen LogP contribution in [0, 0.1) is 6.92 Å². The van der Waals surface area contributed by atoms with E-state index >= 15 is 0 Å². The van der Waals surface area contributed by atoms with Crippen LogP contribution >= 0.6 is 24.0 Å². The van der Waals surface area contributed by atoms with Crippen molar-refractivity contribution >= 4 is 29.9 Å². The van der Waals surface area contributed by atoms with E-state index in [9.17, 15) is 13.9 Å². The number of hydrogen-bond acceptors (Lipinski definition) is 3. The van der Waals surface area contributed by atoms with Crippen LogP contribution in [0.2, 0.25) is 0 Å². The monoisotopic (exact) mass is 505 g/mol. The molecule has 0 aliphatic carbocycles. The van der Waals surface area contributed by atoms with E-state index in [0.29, 0.717) is 24.6 Å². The zero-order valence-electron chi connectivity index (χ0n) is 15.9. The van der Waals surface area contributed by atoms with Crippen molar-refractivity contribution in [2.24, 2.45) is 4.99 Å². The molecule has 0 unspecified atom stereocenters. The lowest BCUT2D eigenvalue weighted by molar-refractivity contribution is -0.0504. The minimum atomic E-state index is -2.88. The topological polar surface area (TPSA) is 65.9 Å². The van der Waals surface area contributed by atoms with Crippen molar-refractivity contribution in [3.8, 4) is 5.75 Å². The molecule has 2 aromatic rings. The number of aliphatic hydroxyl groups is 1.